The summed E-state index contributed by atoms with van der Waals surface area (Å²) in [6, 6.07) is 6.75. The van der Waals surface area contributed by atoms with Crippen LogP contribution in [0.2, 0.25) is 0 Å². The van der Waals surface area contributed by atoms with Gasteiger partial charge in [0.15, 0.2) is 0 Å². The number of unbranched alkanes of at least 4 members (excludes halogenated alkanes) is 4. The summed E-state index contributed by atoms with van der Waals surface area (Å²) in [5.41, 5.74) is 0.528. The number of rotatable bonds is 11. The zero-order valence-electron chi connectivity index (χ0n) is 30.5. The largest absolute Gasteiger partial charge is 0.486 e. The van der Waals surface area contributed by atoms with Gasteiger partial charge in [0.25, 0.3) is 0 Å². The highest BCUT2D eigenvalue weighted by atomic mass is 16.7. The molecule has 260 valence electrons. The number of aliphatic hydroxyl groups is 2. The first-order valence-electron chi connectivity index (χ1n) is 16.7. The van der Waals surface area contributed by atoms with Crippen LogP contribution >= 0.6 is 0 Å². The molecule has 0 spiro atoms. The molecule has 2 aliphatic heterocycles. The maximum absolute atomic E-state index is 10.3. The molecule has 0 aliphatic carbocycles. The number of hydrogen-bond acceptors (Lipinski definition) is 7. The van der Waals surface area contributed by atoms with Gasteiger partial charge in [0.2, 0.25) is 0 Å². The number of hydrogen-bond donors (Lipinski definition) is 3. The van der Waals surface area contributed by atoms with E-state index < -0.39 is 18.2 Å². The van der Waals surface area contributed by atoms with E-state index in [0.717, 1.165) is 31.2 Å². The average Bonchev–Trinajstić information content (AvgIpc) is 3.34. The van der Waals surface area contributed by atoms with Crippen molar-refractivity contribution in [3.05, 3.63) is 47.4 Å². The topological polar surface area (TPSA) is 115 Å². The molecule has 2 fully saturated rings. The molecule has 2 heterocycles. The van der Waals surface area contributed by atoms with Crippen molar-refractivity contribution in [2.75, 3.05) is 0 Å². The Labute approximate surface area is 281 Å². The predicted molar refractivity (Wildman–Crippen MR) is 190 cm³/mol. The highest BCUT2D eigenvalue weighted by Gasteiger charge is 2.50. The number of carbonyl (C=O) groups is 1. The molecule has 1 aromatic rings. The van der Waals surface area contributed by atoms with Gasteiger partial charge in [-0.15, -0.1) is 6.42 Å². The highest BCUT2D eigenvalue weighted by Crippen LogP contribution is 2.37. The van der Waals surface area contributed by atoms with Crippen LogP contribution in [0.1, 0.15) is 137 Å². The molecule has 2 saturated heterocycles. The molecule has 0 radical (unpaired) electrons. The first-order chi connectivity index (χ1) is 21.2. The van der Waals surface area contributed by atoms with Crippen molar-refractivity contribution in [1.82, 2.24) is 0 Å². The summed E-state index contributed by atoms with van der Waals surface area (Å²) in [6.45, 7) is 22.5. The molecule has 0 amide bonds. The third-order valence-corrected chi connectivity index (χ3v) is 8.73. The molecule has 3 rings (SSSR count). The highest BCUT2D eigenvalue weighted by molar-refractivity contribution is 6.51. The number of aromatic carboxylic acids is 1. The van der Waals surface area contributed by atoms with Crippen molar-refractivity contribution in [3.8, 4) is 12.3 Å². The van der Waals surface area contributed by atoms with Crippen molar-refractivity contribution >= 4 is 20.8 Å². The molecule has 46 heavy (non-hydrogen) atoms. The van der Waals surface area contributed by atoms with E-state index in [0.29, 0.717) is 13.2 Å². The van der Waals surface area contributed by atoms with Crippen LogP contribution < -0.4 is 0 Å². The van der Waals surface area contributed by atoms with Gasteiger partial charge in [-0.2, -0.15) is 0 Å². The van der Waals surface area contributed by atoms with Gasteiger partial charge >= 0.3 is 20.8 Å². The minimum atomic E-state index is -0.875. The molecular formula is C36H62B2O8. The SMILES string of the molecule is C#CC(O)CCCCC.CC1(C)OBOC1(C)C.CCCCCC(O)/C=C/B1OC(C)(C)C(C)(C)O1.Cc1ccc(C(=O)O)cc1. The average molecular weight is 645 g/mol. The lowest BCUT2D eigenvalue weighted by Gasteiger charge is -2.32. The lowest BCUT2D eigenvalue weighted by Crippen LogP contribution is -2.41. The first-order valence-corrected chi connectivity index (χ1v) is 16.7. The Morgan fingerprint density at radius 2 is 1.30 bits per heavy atom. The van der Waals surface area contributed by atoms with E-state index in [9.17, 15) is 9.90 Å². The van der Waals surface area contributed by atoms with E-state index >= 15 is 0 Å². The predicted octanol–water partition coefficient (Wildman–Crippen LogP) is 7.23. The first kappa shape index (κ1) is 43.9. The summed E-state index contributed by atoms with van der Waals surface area (Å²) in [6.07, 6.45) is 14.2. The summed E-state index contributed by atoms with van der Waals surface area (Å²) in [4.78, 5) is 10.3. The van der Waals surface area contributed by atoms with E-state index in [1.54, 1.807) is 30.3 Å². The summed E-state index contributed by atoms with van der Waals surface area (Å²) in [5, 5.41) is 27.1. The number of aryl methyl sites for hydroxylation is 1. The van der Waals surface area contributed by atoms with E-state index in [4.69, 9.17) is 35.3 Å². The molecular weight excluding hydrogens is 582 g/mol. The van der Waals surface area contributed by atoms with Crippen LogP contribution in [0, 0.1) is 19.3 Å². The number of benzene rings is 1. The quantitative estimate of drug-likeness (QED) is 0.131. The second-order valence-corrected chi connectivity index (χ2v) is 13.8. The van der Waals surface area contributed by atoms with Gasteiger partial charge < -0.3 is 33.9 Å². The van der Waals surface area contributed by atoms with E-state index in [1.807, 2.05) is 68.3 Å². The van der Waals surface area contributed by atoms with Gasteiger partial charge in [-0.25, -0.2) is 4.79 Å². The molecule has 2 atom stereocenters. The Bertz CT molecular complexity index is 1030. The molecule has 0 saturated carbocycles. The number of terminal acetylenes is 1. The van der Waals surface area contributed by atoms with Crippen molar-refractivity contribution in [2.45, 2.75) is 162 Å². The monoisotopic (exact) mass is 644 g/mol. The fourth-order valence-electron chi connectivity index (χ4n) is 3.92. The summed E-state index contributed by atoms with van der Waals surface area (Å²) in [7, 11) is 0.0795. The van der Waals surface area contributed by atoms with E-state index in [1.165, 1.54) is 25.7 Å². The maximum atomic E-state index is 10.3. The Morgan fingerprint density at radius 1 is 0.848 bits per heavy atom. The number of carboxylic acid groups (broad SMARTS) is 1. The lowest BCUT2D eigenvalue weighted by atomic mass is 9.89. The van der Waals surface area contributed by atoms with Gasteiger partial charge in [0, 0.05) is 0 Å². The fourth-order valence-corrected chi connectivity index (χ4v) is 3.92. The van der Waals surface area contributed by atoms with Gasteiger partial charge in [0.05, 0.1) is 34.1 Å². The second-order valence-electron chi connectivity index (χ2n) is 13.8. The second kappa shape index (κ2) is 21.0. The van der Waals surface area contributed by atoms with Crippen LogP contribution in [0.25, 0.3) is 0 Å². The number of carboxylic acids is 1. The molecule has 1 aromatic carbocycles. The van der Waals surface area contributed by atoms with Crippen LogP contribution in [0.5, 0.6) is 0 Å². The van der Waals surface area contributed by atoms with Gasteiger partial charge in [-0.05, 0) is 93.7 Å². The Hall–Kier alpha value is -2.12. The van der Waals surface area contributed by atoms with Crippen LogP contribution in [-0.2, 0) is 18.6 Å². The molecule has 0 aromatic heterocycles. The lowest BCUT2D eigenvalue weighted by molar-refractivity contribution is 0.00578. The molecule has 3 N–H and O–H groups in total. The smallest absolute Gasteiger partial charge is 0.478 e. The zero-order chi connectivity index (χ0) is 35.6. The van der Waals surface area contributed by atoms with Crippen molar-refractivity contribution in [2.24, 2.45) is 0 Å². The Morgan fingerprint density at radius 3 is 1.67 bits per heavy atom. The van der Waals surface area contributed by atoms with E-state index in [-0.39, 0.29) is 29.5 Å². The molecule has 2 aliphatic rings. The van der Waals surface area contributed by atoms with Crippen LogP contribution in [0.15, 0.2) is 36.3 Å². The van der Waals surface area contributed by atoms with Crippen molar-refractivity contribution < 1.29 is 38.7 Å². The summed E-state index contributed by atoms with van der Waals surface area (Å²) in [5.74, 6) is 3.23. The third-order valence-electron chi connectivity index (χ3n) is 8.73. The van der Waals surface area contributed by atoms with Gasteiger partial charge in [0.1, 0.15) is 6.10 Å². The molecule has 10 heteroatoms. The fraction of sp³-hybridized carbons (Fsp3) is 0.694. The third kappa shape index (κ3) is 16.6. The summed E-state index contributed by atoms with van der Waals surface area (Å²) >= 11 is 0. The Kier molecular flexibility index (Phi) is 20.0. The van der Waals surface area contributed by atoms with Crippen LogP contribution in [0.3, 0.4) is 0 Å². The standard InChI is InChI=1S/C14H27BO3.C8H8O2.C8H14O.C6H13BO2/c1-6-7-8-9-12(16)10-11-15-17-13(2,3)14(4,5)18-15;1-6-2-4-7(5-3-6)8(9)10;1-3-5-6-7-8(9)4-2;1-5(2)6(3,4)9-7-8-5/h10-12,16H,6-9H2,1-5H3;2-5H,1H3,(H,9,10);2,8-9H,3,5-7H2,1H3;7H,1-4H3/b11-10+;;;. The van der Waals surface area contributed by atoms with Crippen LogP contribution in [-0.4, -0.2) is 70.7 Å². The minimum absolute atomic E-state index is 0.132. The minimum Gasteiger partial charge on any atom is -0.478 e. The van der Waals surface area contributed by atoms with Gasteiger partial charge in [-0.1, -0.05) is 81.6 Å². The van der Waals surface area contributed by atoms with Crippen molar-refractivity contribution in [3.63, 3.8) is 0 Å². The number of aliphatic hydroxyl groups excluding tert-OH is 2. The normalized spacial score (nSPS) is 19.6. The van der Waals surface area contributed by atoms with Gasteiger partial charge in [-0.3, -0.25) is 0 Å². The summed E-state index contributed by atoms with van der Waals surface area (Å²) < 4.78 is 22.3. The van der Waals surface area contributed by atoms with Crippen LogP contribution in [0.4, 0.5) is 0 Å². The molecule has 2 unspecified atom stereocenters. The van der Waals surface area contributed by atoms with E-state index in [2.05, 4.69) is 19.8 Å². The zero-order valence-corrected chi connectivity index (χ0v) is 30.5. The molecule has 0 bridgehead atoms. The maximum Gasteiger partial charge on any atom is 0.486 e. The molecule has 8 nitrogen and oxygen atoms in total. The Balaban J connectivity index is 0.000000621. The van der Waals surface area contributed by atoms with Crippen molar-refractivity contribution in [1.29, 1.82) is 0 Å².